The van der Waals surface area contributed by atoms with E-state index in [4.69, 9.17) is 5.73 Å². The van der Waals surface area contributed by atoms with E-state index in [9.17, 15) is 0 Å². The molecule has 0 bridgehead atoms. The van der Waals surface area contributed by atoms with Gasteiger partial charge in [0.05, 0.1) is 0 Å². The normalized spacial score (nSPS) is 33.7. The third kappa shape index (κ3) is 3.03. The molecule has 2 rings (SSSR count). The van der Waals surface area contributed by atoms with Gasteiger partial charge in [-0.2, -0.15) is 0 Å². The number of hydrogen-bond donors (Lipinski definition) is 1. The third-order valence-electron chi connectivity index (χ3n) is 5.24. The Balaban J connectivity index is 1.96. The Kier molecular flexibility index (Phi) is 4.14. The molecule has 2 N–H and O–H groups in total. The second-order valence-corrected chi connectivity index (χ2v) is 6.64. The summed E-state index contributed by atoms with van der Waals surface area (Å²) in [5.74, 6) is 0. The maximum absolute atomic E-state index is 6.03. The van der Waals surface area contributed by atoms with E-state index in [0.29, 0.717) is 11.5 Å². The summed E-state index contributed by atoms with van der Waals surface area (Å²) in [6, 6.07) is 2.05. The van der Waals surface area contributed by atoms with Crippen molar-refractivity contribution < 1.29 is 0 Å². The van der Waals surface area contributed by atoms with Crippen LogP contribution >= 0.6 is 0 Å². The van der Waals surface area contributed by atoms with Crippen molar-refractivity contribution >= 4 is 0 Å². The van der Waals surface area contributed by atoms with Crippen LogP contribution in [0.15, 0.2) is 0 Å². The van der Waals surface area contributed by atoms with E-state index in [1.807, 2.05) is 0 Å². The van der Waals surface area contributed by atoms with Crippen molar-refractivity contribution in [2.24, 2.45) is 11.1 Å². The zero-order valence-corrected chi connectivity index (χ0v) is 11.9. The molecule has 2 heteroatoms. The highest BCUT2D eigenvalue weighted by molar-refractivity contribution is 4.99. The molecule has 0 aliphatic heterocycles. The molecule has 2 saturated carbocycles. The van der Waals surface area contributed by atoms with Gasteiger partial charge in [-0.1, -0.05) is 13.8 Å². The lowest BCUT2D eigenvalue weighted by Crippen LogP contribution is -2.48. The summed E-state index contributed by atoms with van der Waals surface area (Å²) >= 11 is 0. The molecule has 0 amide bonds. The van der Waals surface area contributed by atoms with Gasteiger partial charge < -0.3 is 5.73 Å². The highest BCUT2D eigenvalue weighted by Gasteiger charge is 2.46. The van der Waals surface area contributed by atoms with E-state index in [0.717, 1.165) is 12.1 Å². The van der Waals surface area contributed by atoms with Gasteiger partial charge in [-0.05, 0) is 63.8 Å². The summed E-state index contributed by atoms with van der Waals surface area (Å²) in [4.78, 5) is 2.80. The van der Waals surface area contributed by atoms with Gasteiger partial charge in [0.15, 0.2) is 0 Å². The first-order valence-corrected chi connectivity index (χ1v) is 7.58. The lowest BCUT2D eigenvalue weighted by Gasteiger charge is -2.42. The average molecular weight is 238 g/mol. The average Bonchev–Trinajstić information content (AvgIpc) is 3.06. The van der Waals surface area contributed by atoms with Crippen molar-refractivity contribution in [1.82, 2.24) is 4.90 Å². The Morgan fingerprint density at radius 2 is 1.82 bits per heavy atom. The Hall–Kier alpha value is -0.0800. The van der Waals surface area contributed by atoms with Crippen molar-refractivity contribution in [3.63, 3.8) is 0 Å². The molecule has 0 aromatic rings. The Morgan fingerprint density at radius 1 is 1.24 bits per heavy atom. The highest BCUT2D eigenvalue weighted by atomic mass is 15.2. The maximum Gasteiger partial charge on any atom is 0.0124 e. The molecule has 100 valence electrons. The van der Waals surface area contributed by atoms with Crippen LogP contribution in [-0.4, -0.2) is 29.6 Å². The van der Waals surface area contributed by atoms with E-state index in [1.54, 1.807) is 0 Å². The Bertz CT molecular complexity index is 239. The summed E-state index contributed by atoms with van der Waals surface area (Å²) in [5, 5.41) is 0. The van der Waals surface area contributed by atoms with Gasteiger partial charge in [0.2, 0.25) is 0 Å². The minimum absolute atomic E-state index is 0.474. The summed E-state index contributed by atoms with van der Waals surface area (Å²) < 4.78 is 0. The molecule has 0 radical (unpaired) electrons. The summed E-state index contributed by atoms with van der Waals surface area (Å²) in [7, 11) is 0. The van der Waals surface area contributed by atoms with Crippen LogP contribution in [0, 0.1) is 5.41 Å². The van der Waals surface area contributed by atoms with Crippen LogP contribution in [0.5, 0.6) is 0 Å². The minimum Gasteiger partial charge on any atom is -0.328 e. The van der Waals surface area contributed by atoms with Gasteiger partial charge >= 0.3 is 0 Å². The fourth-order valence-corrected chi connectivity index (χ4v) is 3.40. The van der Waals surface area contributed by atoms with Crippen molar-refractivity contribution in [3.8, 4) is 0 Å². The number of nitrogens with zero attached hydrogens (tertiary/aromatic N) is 1. The van der Waals surface area contributed by atoms with Crippen LogP contribution in [0.4, 0.5) is 0 Å². The summed E-state index contributed by atoms with van der Waals surface area (Å²) in [6.45, 7) is 8.51. The van der Waals surface area contributed by atoms with Gasteiger partial charge in [-0.25, -0.2) is 0 Å². The van der Waals surface area contributed by atoms with Crippen LogP contribution < -0.4 is 5.73 Å². The molecule has 0 saturated heterocycles. The predicted molar refractivity (Wildman–Crippen MR) is 74.0 cm³/mol. The van der Waals surface area contributed by atoms with Crippen molar-refractivity contribution in [1.29, 1.82) is 0 Å². The molecule has 1 unspecified atom stereocenters. The third-order valence-corrected chi connectivity index (χ3v) is 5.24. The quantitative estimate of drug-likeness (QED) is 0.797. The van der Waals surface area contributed by atoms with Crippen molar-refractivity contribution in [3.05, 3.63) is 0 Å². The zero-order chi connectivity index (χ0) is 12.5. The lowest BCUT2D eigenvalue weighted by molar-refractivity contribution is 0.0723. The fourth-order valence-electron chi connectivity index (χ4n) is 3.40. The standard InChI is InChI=1S/C15H30N2/c1-4-11-17(12(2)15(3)9-10-15)14-7-5-13(16)6-8-14/h12-14H,4-11,16H2,1-3H3. The highest BCUT2D eigenvalue weighted by Crippen LogP contribution is 2.50. The van der Waals surface area contributed by atoms with E-state index < -0.39 is 0 Å². The monoisotopic (exact) mass is 238 g/mol. The molecule has 2 nitrogen and oxygen atoms in total. The van der Waals surface area contributed by atoms with Crippen LogP contribution in [0.3, 0.4) is 0 Å². The topological polar surface area (TPSA) is 29.3 Å². The fraction of sp³-hybridized carbons (Fsp3) is 1.00. The first kappa shape index (κ1) is 13.4. The molecule has 0 aromatic carbocycles. The SMILES string of the molecule is CCCN(C1CCC(N)CC1)C(C)C1(C)CC1. The van der Waals surface area contributed by atoms with Crippen molar-refractivity contribution in [2.75, 3.05) is 6.54 Å². The van der Waals surface area contributed by atoms with Gasteiger partial charge in [0.25, 0.3) is 0 Å². The van der Waals surface area contributed by atoms with Gasteiger partial charge in [0, 0.05) is 18.1 Å². The van der Waals surface area contributed by atoms with Gasteiger partial charge in [-0.3, -0.25) is 4.90 Å². The summed E-state index contributed by atoms with van der Waals surface area (Å²) in [5.41, 5.74) is 6.65. The number of hydrogen-bond acceptors (Lipinski definition) is 2. The van der Waals surface area contributed by atoms with Crippen molar-refractivity contribution in [2.45, 2.75) is 83.8 Å². The molecule has 0 aromatic heterocycles. The van der Waals surface area contributed by atoms with Crippen LogP contribution in [0.25, 0.3) is 0 Å². The first-order valence-electron chi connectivity index (χ1n) is 7.58. The van der Waals surface area contributed by atoms with E-state index in [2.05, 4.69) is 25.7 Å². The van der Waals surface area contributed by atoms with Crippen LogP contribution in [-0.2, 0) is 0 Å². The maximum atomic E-state index is 6.03. The first-order chi connectivity index (χ1) is 8.07. The predicted octanol–water partition coefficient (Wildman–Crippen LogP) is 3.16. The van der Waals surface area contributed by atoms with Gasteiger partial charge in [0.1, 0.15) is 0 Å². The van der Waals surface area contributed by atoms with Crippen LogP contribution in [0.2, 0.25) is 0 Å². The molecule has 2 aliphatic rings. The largest absolute Gasteiger partial charge is 0.328 e. The minimum atomic E-state index is 0.474. The van der Waals surface area contributed by atoms with Gasteiger partial charge in [-0.15, -0.1) is 0 Å². The molecule has 17 heavy (non-hydrogen) atoms. The molecule has 1 atom stereocenters. The Morgan fingerprint density at radius 3 is 2.29 bits per heavy atom. The molecule has 2 aliphatic carbocycles. The molecular formula is C15H30N2. The smallest absolute Gasteiger partial charge is 0.0124 e. The lowest BCUT2D eigenvalue weighted by atomic mass is 9.88. The van der Waals surface area contributed by atoms with E-state index >= 15 is 0 Å². The second kappa shape index (κ2) is 5.27. The number of nitrogens with two attached hydrogens (primary N) is 1. The molecular weight excluding hydrogens is 208 g/mol. The molecule has 2 fully saturated rings. The Labute approximate surface area is 107 Å². The molecule has 0 spiro atoms. The number of rotatable bonds is 5. The molecule has 0 heterocycles. The second-order valence-electron chi connectivity index (χ2n) is 6.64. The van der Waals surface area contributed by atoms with E-state index in [-0.39, 0.29) is 0 Å². The summed E-state index contributed by atoms with van der Waals surface area (Å²) in [6.07, 6.45) is 9.25. The van der Waals surface area contributed by atoms with Crippen LogP contribution in [0.1, 0.15) is 65.7 Å². The zero-order valence-electron chi connectivity index (χ0n) is 11.9. The van der Waals surface area contributed by atoms with E-state index in [1.165, 1.54) is 51.5 Å².